The molecular weight excluding hydrogens is 410 g/mol. The van der Waals surface area contributed by atoms with Crippen LogP contribution in [0.2, 0.25) is 0 Å². The number of fused-ring (bicyclic) bond motifs is 1. The summed E-state index contributed by atoms with van der Waals surface area (Å²) in [6.45, 7) is 0.482. The molecule has 0 unspecified atom stereocenters. The van der Waals surface area contributed by atoms with Gasteiger partial charge in [0, 0.05) is 22.5 Å². The van der Waals surface area contributed by atoms with E-state index in [1.165, 1.54) is 0 Å². The molecule has 4 nitrogen and oxygen atoms in total. The number of anilines is 1. The van der Waals surface area contributed by atoms with E-state index in [1.54, 1.807) is 16.7 Å². The Balaban J connectivity index is 1.66. The van der Waals surface area contributed by atoms with E-state index in [0.29, 0.717) is 24.5 Å². The van der Waals surface area contributed by atoms with Gasteiger partial charge in [0.1, 0.15) is 0 Å². The summed E-state index contributed by atoms with van der Waals surface area (Å²) in [7, 11) is 0. The number of nitrogens with zero attached hydrogens (tertiary/aromatic N) is 3. The Morgan fingerprint density at radius 1 is 1.12 bits per heavy atom. The Morgan fingerprint density at radius 3 is 2.54 bits per heavy atom. The number of hydrogen-bond donors (Lipinski definition) is 0. The average molecular weight is 426 g/mol. The molecule has 0 bridgehead atoms. The van der Waals surface area contributed by atoms with Gasteiger partial charge in [0.15, 0.2) is 0 Å². The molecule has 0 N–H and O–H groups in total. The van der Waals surface area contributed by atoms with E-state index in [4.69, 9.17) is 0 Å². The quantitative estimate of drug-likeness (QED) is 0.701. The Kier molecular flexibility index (Phi) is 4.75. The summed E-state index contributed by atoms with van der Waals surface area (Å²) in [5.41, 5.74) is 2.80. The minimum atomic E-state index is -0.147. The molecule has 2 heterocycles. The summed E-state index contributed by atoms with van der Waals surface area (Å²) in [4.78, 5) is 16.7. The largest absolute Gasteiger partial charge is 0.344 e. The Labute approximate surface area is 165 Å². The highest BCUT2D eigenvalue weighted by atomic mass is 79.9. The molecule has 0 saturated carbocycles. The predicted octanol–water partition coefficient (Wildman–Crippen LogP) is 4.67. The molecule has 2 aromatic rings. The van der Waals surface area contributed by atoms with Crippen molar-refractivity contribution in [3.8, 4) is 6.07 Å². The van der Waals surface area contributed by atoms with E-state index in [9.17, 15) is 10.1 Å². The lowest BCUT2D eigenvalue weighted by atomic mass is 9.86. The highest BCUT2D eigenvalue weighted by molar-refractivity contribution is 9.10. The number of thioether (sulfide) groups is 1. The maximum absolute atomic E-state index is 12.8. The second-order valence-electron chi connectivity index (χ2n) is 6.25. The summed E-state index contributed by atoms with van der Waals surface area (Å²) in [6.07, 6.45) is 0.338. The number of allylic oxidation sites excluding steroid dienone is 1. The van der Waals surface area contributed by atoms with Crippen molar-refractivity contribution in [3.05, 3.63) is 75.2 Å². The van der Waals surface area contributed by atoms with E-state index in [0.717, 1.165) is 20.8 Å². The topological polar surface area (TPSA) is 47.3 Å². The molecule has 6 heteroatoms. The van der Waals surface area contributed by atoms with Crippen molar-refractivity contribution in [1.29, 1.82) is 5.26 Å². The molecule has 130 valence electrons. The van der Waals surface area contributed by atoms with Gasteiger partial charge in [-0.2, -0.15) is 5.26 Å². The molecule has 0 aliphatic carbocycles. The lowest BCUT2D eigenvalue weighted by Gasteiger charge is -2.42. The van der Waals surface area contributed by atoms with Crippen LogP contribution in [0.25, 0.3) is 0 Å². The minimum absolute atomic E-state index is 0.0714. The smallest absolute Gasteiger partial charge is 0.229 e. The standard InChI is InChI=1S/C20H16BrN3OS/c21-15-6-8-16(9-7-15)23-12-24-19(25)10-17(14-4-2-1-3-5-14)18(11-22)20(24)26-13-23/h1-9,17H,10,12-13H2/t17-/m0/s1. The Morgan fingerprint density at radius 2 is 1.85 bits per heavy atom. The molecule has 1 fully saturated rings. The molecule has 0 radical (unpaired) electrons. The van der Waals surface area contributed by atoms with Gasteiger partial charge in [-0.15, -0.1) is 0 Å². The van der Waals surface area contributed by atoms with Gasteiger partial charge in [0.05, 0.1) is 29.2 Å². The van der Waals surface area contributed by atoms with Crippen LogP contribution in [0, 0.1) is 11.3 Å². The average Bonchev–Trinajstić information content (AvgIpc) is 2.69. The molecule has 1 atom stereocenters. The van der Waals surface area contributed by atoms with Crippen LogP contribution in [0.3, 0.4) is 0 Å². The molecule has 0 spiro atoms. The first-order chi connectivity index (χ1) is 12.7. The second-order valence-corrected chi connectivity index (χ2v) is 8.10. The molecule has 1 saturated heterocycles. The van der Waals surface area contributed by atoms with E-state index < -0.39 is 0 Å². The van der Waals surface area contributed by atoms with E-state index in [-0.39, 0.29) is 11.8 Å². The Hall–Kier alpha value is -2.23. The third-order valence-electron chi connectivity index (χ3n) is 4.69. The zero-order valence-corrected chi connectivity index (χ0v) is 16.3. The van der Waals surface area contributed by atoms with Gasteiger partial charge in [-0.25, -0.2) is 0 Å². The van der Waals surface area contributed by atoms with Crippen LogP contribution in [-0.2, 0) is 4.79 Å². The van der Waals surface area contributed by atoms with Gasteiger partial charge in [-0.3, -0.25) is 9.69 Å². The summed E-state index contributed by atoms with van der Waals surface area (Å²) in [5, 5.41) is 10.6. The third kappa shape index (κ3) is 3.13. The van der Waals surface area contributed by atoms with Crippen LogP contribution < -0.4 is 4.90 Å². The maximum atomic E-state index is 12.8. The molecule has 4 rings (SSSR count). The van der Waals surface area contributed by atoms with Crippen molar-refractivity contribution in [2.75, 3.05) is 17.4 Å². The number of benzene rings is 2. The first-order valence-electron chi connectivity index (χ1n) is 8.30. The van der Waals surface area contributed by atoms with Crippen LogP contribution >= 0.6 is 27.7 Å². The third-order valence-corrected chi connectivity index (χ3v) is 6.37. The van der Waals surface area contributed by atoms with Crippen molar-refractivity contribution in [2.24, 2.45) is 0 Å². The molecular formula is C20H16BrN3OS. The van der Waals surface area contributed by atoms with Gasteiger partial charge in [0.25, 0.3) is 0 Å². The highest BCUT2D eigenvalue weighted by Crippen LogP contribution is 2.43. The predicted molar refractivity (Wildman–Crippen MR) is 107 cm³/mol. The lowest BCUT2D eigenvalue weighted by molar-refractivity contribution is -0.129. The lowest BCUT2D eigenvalue weighted by Crippen LogP contribution is -2.47. The number of carbonyl (C=O) groups excluding carboxylic acids is 1. The first kappa shape index (κ1) is 17.2. The molecule has 2 aliphatic rings. The summed E-state index contributed by atoms with van der Waals surface area (Å²) in [5.74, 6) is 0.641. The second kappa shape index (κ2) is 7.18. The Bertz CT molecular complexity index is 905. The van der Waals surface area contributed by atoms with E-state index >= 15 is 0 Å². The van der Waals surface area contributed by atoms with Crippen molar-refractivity contribution in [1.82, 2.24) is 4.90 Å². The number of rotatable bonds is 2. The summed E-state index contributed by atoms with van der Waals surface area (Å²) >= 11 is 5.01. The fourth-order valence-electron chi connectivity index (χ4n) is 3.35. The van der Waals surface area contributed by atoms with Crippen molar-refractivity contribution in [2.45, 2.75) is 12.3 Å². The van der Waals surface area contributed by atoms with Crippen LogP contribution in [0.5, 0.6) is 0 Å². The van der Waals surface area contributed by atoms with Crippen molar-refractivity contribution < 1.29 is 4.79 Å². The maximum Gasteiger partial charge on any atom is 0.229 e. The molecule has 26 heavy (non-hydrogen) atoms. The zero-order valence-electron chi connectivity index (χ0n) is 13.9. The van der Waals surface area contributed by atoms with Gasteiger partial charge in [-0.1, -0.05) is 58.0 Å². The number of nitriles is 1. The number of carbonyl (C=O) groups is 1. The summed E-state index contributed by atoms with van der Waals surface area (Å²) in [6, 6.07) is 20.3. The highest BCUT2D eigenvalue weighted by Gasteiger charge is 2.38. The number of halogens is 1. The normalized spacial score (nSPS) is 20.0. The van der Waals surface area contributed by atoms with Gasteiger partial charge in [0.2, 0.25) is 5.91 Å². The SMILES string of the molecule is N#CC1=C2SCN(c3ccc(Br)cc3)CN2C(=O)C[C@H]1c1ccccc1. The van der Waals surface area contributed by atoms with Crippen molar-refractivity contribution >= 4 is 39.3 Å². The van der Waals surface area contributed by atoms with E-state index in [2.05, 4.69) is 26.9 Å². The minimum Gasteiger partial charge on any atom is -0.344 e. The number of hydrogen-bond acceptors (Lipinski definition) is 4. The molecule has 0 aromatic heterocycles. The van der Waals surface area contributed by atoms with Gasteiger partial charge >= 0.3 is 0 Å². The van der Waals surface area contributed by atoms with Crippen molar-refractivity contribution in [3.63, 3.8) is 0 Å². The first-order valence-corrected chi connectivity index (χ1v) is 10.1. The monoisotopic (exact) mass is 425 g/mol. The fraction of sp³-hybridized carbons (Fsp3) is 0.200. The zero-order chi connectivity index (χ0) is 18.1. The van der Waals surface area contributed by atoms with Crippen LogP contribution in [0.1, 0.15) is 17.9 Å². The molecule has 1 amide bonds. The van der Waals surface area contributed by atoms with Gasteiger partial charge in [-0.05, 0) is 29.8 Å². The van der Waals surface area contributed by atoms with Crippen LogP contribution in [0.4, 0.5) is 5.69 Å². The van der Waals surface area contributed by atoms with Gasteiger partial charge < -0.3 is 4.90 Å². The van der Waals surface area contributed by atoms with E-state index in [1.807, 2.05) is 54.6 Å². The van der Waals surface area contributed by atoms with Crippen LogP contribution in [0.15, 0.2) is 69.7 Å². The molecule has 2 aliphatic heterocycles. The molecule has 2 aromatic carbocycles. The number of amides is 1. The van der Waals surface area contributed by atoms with Crippen LogP contribution in [-0.4, -0.2) is 23.4 Å². The fourth-order valence-corrected chi connectivity index (χ4v) is 4.78. The summed E-state index contributed by atoms with van der Waals surface area (Å²) < 4.78 is 1.03.